The van der Waals surface area contributed by atoms with Crippen molar-refractivity contribution in [2.24, 2.45) is 5.92 Å². The lowest BCUT2D eigenvalue weighted by Gasteiger charge is -2.21. The Labute approximate surface area is 187 Å². The Kier molecular flexibility index (Phi) is 7.76. The van der Waals surface area contributed by atoms with Gasteiger partial charge in [-0.25, -0.2) is 13.4 Å². The summed E-state index contributed by atoms with van der Waals surface area (Å²) in [4.78, 5) is 21.9. The van der Waals surface area contributed by atoms with Crippen LogP contribution in [0.4, 0.5) is 5.82 Å². The third kappa shape index (κ3) is 5.95. The molecule has 1 aliphatic rings. The van der Waals surface area contributed by atoms with Gasteiger partial charge < -0.3 is 5.32 Å². The number of aromatic nitrogens is 2. The molecule has 1 fully saturated rings. The van der Waals surface area contributed by atoms with E-state index >= 15 is 0 Å². The van der Waals surface area contributed by atoms with Gasteiger partial charge in [0.1, 0.15) is 0 Å². The van der Waals surface area contributed by atoms with Crippen molar-refractivity contribution in [1.29, 1.82) is 0 Å². The largest absolute Gasteiger partial charge is 0.309 e. The van der Waals surface area contributed by atoms with Gasteiger partial charge in [0.15, 0.2) is 15.7 Å². The summed E-state index contributed by atoms with van der Waals surface area (Å²) in [5.41, 5.74) is 1.56. The number of anilines is 1. The third-order valence-electron chi connectivity index (χ3n) is 5.37. The highest BCUT2D eigenvalue weighted by molar-refractivity contribution is 7.97. The molecule has 2 aromatic rings. The Balaban J connectivity index is 1.84. The molecule has 1 aliphatic carbocycles. The van der Waals surface area contributed by atoms with E-state index in [1.54, 1.807) is 36.3 Å². The van der Waals surface area contributed by atoms with Gasteiger partial charge >= 0.3 is 0 Å². The summed E-state index contributed by atoms with van der Waals surface area (Å²) in [7, 11) is -3.43. The molecule has 1 N–H and O–H groups in total. The van der Waals surface area contributed by atoms with Crippen molar-refractivity contribution in [2.75, 3.05) is 17.8 Å². The number of halogens is 1. The molecule has 1 heterocycles. The first-order valence-electron chi connectivity index (χ1n) is 9.88. The van der Waals surface area contributed by atoms with Crippen LogP contribution in [0.2, 0.25) is 5.02 Å². The van der Waals surface area contributed by atoms with Crippen LogP contribution in [0.15, 0.2) is 35.5 Å². The second kappa shape index (κ2) is 10.1. The molecular formula is C21H26ClN3O3S2. The molecule has 0 radical (unpaired) electrons. The second-order valence-corrected chi connectivity index (χ2v) is 11.0. The Hall–Kier alpha value is -1.64. The van der Waals surface area contributed by atoms with Crippen LogP contribution >= 0.6 is 23.4 Å². The van der Waals surface area contributed by atoms with Crippen LogP contribution in [0.3, 0.4) is 0 Å². The van der Waals surface area contributed by atoms with Crippen LogP contribution in [0, 0.1) is 5.92 Å². The number of amides is 1. The molecule has 0 aliphatic heterocycles. The van der Waals surface area contributed by atoms with Crippen molar-refractivity contribution in [3.8, 4) is 0 Å². The van der Waals surface area contributed by atoms with E-state index in [-0.39, 0.29) is 15.8 Å². The van der Waals surface area contributed by atoms with Gasteiger partial charge in [-0.3, -0.25) is 9.78 Å². The van der Waals surface area contributed by atoms with E-state index in [4.69, 9.17) is 11.6 Å². The van der Waals surface area contributed by atoms with Crippen LogP contribution in [0.1, 0.15) is 49.3 Å². The highest BCUT2D eigenvalue weighted by Gasteiger charge is 2.28. The number of thioether (sulfide) groups is 1. The number of benzene rings is 1. The average Bonchev–Trinajstić information content (AvgIpc) is 3.20. The van der Waals surface area contributed by atoms with E-state index in [0.717, 1.165) is 30.5 Å². The van der Waals surface area contributed by atoms with Crippen LogP contribution in [-0.2, 0) is 20.4 Å². The summed E-state index contributed by atoms with van der Waals surface area (Å²) in [5, 5.41) is 3.01. The maximum atomic E-state index is 13.2. The molecule has 1 aromatic carbocycles. The first-order chi connectivity index (χ1) is 14.3. The van der Waals surface area contributed by atoms with Crippen molar-refractivity contribution >= 4 is 44.9 Å². The Morgan fingerprint density at radius 2 is 2.00 bits per heavy atom. The SMILES string of the molecule is CSCc1cnc(NC(=O)[C@H](CC2CCCC2)c2ccc(S(C)(=O)=O)c(Cl)c2)cn1. The van der Waals surface area contributed by atoms with E-state index in [1.165, 1.54) is 18.9 Å². The molecular weight excluding hydrogens is 442 g/mol. The van der Waals surface area contributed by atoms with Crippen LogP contribution in [0.25, 0.3) is 0 Å². The monoisotopic (exact) mass is 467 g/mol. The smallest absolute Gasteiger partial charge is 0.233 e. The average molecular weight is 468 g/mol. The van der Waals surface area contributed by atoms with Gasteiger partial charge in [0.25, 0.3) is 0 Å². The van der Waals surface area contributed by atoms with Crippen molar-refractivity contribution in [3.63, 3.8) is 0 Å². The molecule has 3 rings (SSSR count). The minimum Gasteiger partial charge on any atom is -0.309 e. The number of nitrogens with one attached hydrogen (secondary N) is 1. The number of hydrogen-bond acceptors (Lipinski definition) is 6. The standard InChI is InChI=1S/C21H26ClN3O3S2/c1-29-13-16-11-24-20(12-23-16)25-21(26)17(9-14-5-3-4-6-14)15-7-8-19(18(22)10-15)30(2,27)28/h7-8,10-12,14,17H,3-6,9,13H2,1-2H3,(H,24,25,26)/t17-/m1/s1. The number of carbonyl (C=O) groups is 1. The summed E-state index contributed by atoms with van der Waals surface area (Å²) >= 11 is 7.90. The second-order valence-electron chi connectivity index (χ2n) is 7.72. The molecule has 1 saturated carbocycles. The molecule has 6 nitrogen and oxygen atoms in total. The van der Waals surface area contributed by atoms with Crippen LogP contribution in [-0.4, -0.2) is 36.8 Å². The lowest BCUT2D eigenvalue weighted by atomic mass is 9.87. The predicted molar refractivity (Wildman–Crippen MR) is 122 cm³/mol. The Morgan fingerprint density at radius 1 is 1.27 bits per heavy atom. The minimum absolute atomic E-state index is 0.0724. The Bertz CT molecular complexity index is 991. The fourth-order valence-electron chi connectivity index (χ4n) is 3.86. The molecule has 0 bridgehead atoms. The van der Waals surface area contributed by atoms with Gasteiger partial charge in [-0.1, -0.05) is 43.4 Å². The molecule has 0 unspecified atom stereocenters. The third-order valence-corrected chi connectivity index (χ3v) is 7.53. The molecule has 1 amide bonds. The summed E-state index contributed by atoms with van der Waals surface area (Å²) in [6.07, 6.45) is 11.6. The topological polar surface area (TPSA) is 89.0 Å². The zero-order valence-corrected chi connectivity index (χ0v) is 19.5. The van der Waals surface area contributed by atoms with Crippen LogP contribution < -0.4 is 5.32 Å². The van der Waals surface area contributed by atoms with Gasteiger partial charge in [0, 0.05) is 12.0 Å². The number of carbonyl (C=O) groups excluding carboxylic acids is 1. The molecule has 0 saturated heterocycles. The quantitative estimate of drug-likeness (QED) is 0.605. The zero-order valence-electron chi connectivity index (χ0n) is 17.1. The molecule has 1 aromatic heterocycles. The molecule has 9 heteroatoms. The van der Waals surface area contributed by atoms with Gasteiger partial charge in [0.2, 0.25) is 5.91 Å². The van der Waals surface area contributed by atoms with Gasteiger partial charge in [-0.2, -0.15) is 11.8 Å². The fourth-order valence-corrected chi connectivity index (χ4v) is 5.65. The number of nitrogens with zero attached hydrogens (tertiary/aromatic N) is 2. The Morgan fingerprint density at radius 3 is 2.57 bits per heavy atom. The van der Waals surface area contributed by atoms with Gasteiger partial charge in [-0.15, -0.1) is 0 Å². The van der Waals surface area contributed by atoms with E-state index in [2.05, 4.69) is 15.3 Å². The number of hydrogen-bond donors (Lipinski definition) is 1. The lowest BCUT2D eigenvalue weighted by molar-refractivity contribution is -0.118. The van der Waals surface area contributed by atoms with Crippen molar-refractivity contribution in [3.05, 3.63) is 46.9 Å². The minimum atomic E-state index is -3.43. The maximum Gasteiger partial charge on any atom is 0.233 e. The van der Waals surface area contributed by atoms with Crippen LogP contribution in [0.5, 0.6) is 0 Å². The highest BCUT2D eigenvalue weighted by atomic mass is 35.5. The molecule has 162 valence electrons. The summed E-state index contributed by atoms with van der Waals surface area (Å²) in [6, 6.07) is 4.78. The van der Waals surface area contributed by atoms with Crippen molar-refractivity contribution in [2.45, 2.75) is 48.7 Å². The molecule has 1 atom stereocenters. The van der Waals surface area contributed by atoms with E-state index in [9.17, 15) is 13.2 Å². The zero-order chi connectivity index (χ0) is 21.7. The van der Waals surface area contributed by atoms with Crippen molar-refractivity contribution in [1.82, 2.24) is 9.97 Å². The molecule has 30 heavy (non-hydrogen) atoms. The summed E-state index contributed by atoms with van der Waals surface area (Å²) < 4.78 is 23.8. The number of rotatable bonds is 8. The molecule has 0 spiro atoms. The maximum absolute atomic E-state index is 13.2. The van der Waals surface area contributed by atoms with E-state index in [0.29, 0.717) is 23.7 Å². The fraction of sp³-hybridized carbons (Fsp3) is 0.476. The van der Waals surface area contributed by atoms with E-state index < -0.39 is 15.8 Å². The van der Waals surface area contributed by atoms with E-state index in [1.807, 2.05) is 6.26 Å². The summed E-state index contributed by atoms with van der Waals surface area (Å²) in [5.74, 6) is 1.00. The van der Waals surface area contributed by atoms with Gasteiger partial charge in [0.05, 0.1) is 33.9 Å². The van der Waals surface area contributed by atoms with Gasteiger partial charge in [-0.05, 0) is 36.3 Å². The first-order valence-corrected chi connectivity index (χ1v) is 13.5. The highest BCUT2D eigenvalue weighted by Crippen LogP contribution is 2.36. The first kappa shape index (κ1) is 23.0. The normalized spacial score (nSPS) is 15.8. The predicted octanol–water partition coefficient (Wildman–Crippen LogP) is 4.70. The summed E-state index contributed by atoms with van der Waals surface area (Å²) in [6.45, 7) is 0. The number of sulfone groups is 1. The van der Waals surface area contributed by atoms with Crippen molar-refractivity contribution < 1.29 is 13.2 Å². The lowest BCUT2D eigenvalue weighted by Crippen LogP contribution is -2.24.